The van der Waals surface area contributed by atoms with Crippen LogP contribution >= 0.6 is 0 Å². The van der Waals surface area contributed by atoms with Crippen LogP contribution in [0.4, 0.5) is 0 Å². The highest BCUT2D eigenvalue weighted by Gasteiger charge is 2.46. The van der Waals surface area contributed by atoms with E-state index in [1.54, 1.807) is 0 Å². The van der Waals surface area contributed by atoms with Gasteiger partial charge in [0.2, 0.25) is 0 Å². The van der Waals surface area contributed by atoms with Crippen molar-refractivity contribution in [2.24, 2.45) is 17.2 Å². The number of rotatable bonds is 10. The summed E-state index contributed by atoms with van der Waals surface area (Å²) in [5.74, 6) is 0. The van der Waals surface area contributed by atoms with E-state index in [-0.39, 0.29) is 44.5 Å². The van der Waals surface area contributed by atoms with Crippen LogP contribution in [0, 0.1) is 0 Å². The molecule has 2 saturated heterocycles. The first kappa shape index (κ1) is 27.1. The average molecular weight is 481 g/mol. The molecule has 12 atom stereocenters. The van der Waals surface area contributed by atoms with Crippen molar-refractivity contribution in [3.63, 3.8) is 0 Å². The molecule has 0 bridgehead atoms. The van der Waals surface area contributed by atoms with Gasteiger partial charge in [-0.2, -0.15) is 0 Å². The summed E-state index contributed by atoms with van der Waals surface area (Å²) in [6.07, 6.45) is -5.01. The summed E-state index contributed by atoms with van der Waals surface area (Å²) in [5, 5.41) is 51.7. The summed E-state index contributed by atoms with van der Waals surface area (Å²) in [6, 6.07) is -1.07. The van der Waals surface area contributed by atoms with Crippen molar-refractivity contribution in [1.82, 2.24) is 5.32 Å². The molecule has 3 rings (SSSR count). The molecule has 12 N–H and O–H groups in total. The van der Waals surface area contributed by atoms with Crippen molar-refractivity contribution in [2.45, 2.75) is 99.1 Å². The molecule has 7 unspecified atom stereocenters. The fourth-order valence-corrected chi connectivity index (χ4v) is 4.68. The molecule has 194 valence electrons. The van der Waals surface area contributed by atoms with E-state index >= 15 is 0 Å². The Labute approximate surface area is 193 Å². The molecule has 2 heterocycles. The molecule has 1 saturated carbocycles. The first-order chi connectivity index (χ1) is 15.7. The predicted molar refractivity (Wildman–Crippen MR) is 115 cm³/mol. The number of nitrogens with two attached hydrogens (primary N) is 3. The lowest BCUT2D eigenvalue weighted by molar-refractivity contribution is -0.274. The van der Waals surface area contributed by atoms with Crippen molar-refractivity contribution < 1.29 is 44.5 Å². The SMILES string of the molecule is NC[C@@H]1O[C@H](O[C@H]2CC(OC3CC(N)CC(NCC(O)CO)C3)OC2CO)[C@H](N)C(O)[C@@H]1O. The standard InChI is InChI=1S/C20H40N4O9/c21-5-14-18(28)19(29)17(23)20(33-14)32-13-4-16(31-15(13)8-26)30-12-2-9(22)1-10(3-12)24-6-11(27)7-25/h9-20,24-29H,1-8,21-23H2/t9?,10?,11?,12?,13-,14-,15?,16?,17+,18+,19?,20-/m0/s1. The van der Waals surface area contributed by atoms with Crippen molar-refractivity contribution >= 4 is 0 Å². The number of aliphatic hydroxyl groups is 5. The van der Waals surface area contributed by atoms with Crippen LogP contribution < -0.4 is 22.5 Å². The van der Waals surface area contributed by atoms with Gasteiger partial charge in [-0.1, -0.05) is 0 Å². The quantitative estimate of drug-likeness (QED) is 0.144. The minimum Gasteiger partial charge on any atom is -0.394 e. The van der Waals surface area contributed by atoms with Gasteiger partial charge in [-0.3, -0.25) is 0 Å². The van der Waals surface area contributed by atoms with E-state index in [1.807, 2.05) is 0 Å². The van der Waals surface area contributed by atoms with Crippen LogP contribution in [0.15, 0.2) is 0 Å². The van der Waals surface area contributed by atoms with Gasteiger partial charge in [-0.15, -0.1) is 0 Å². The monoisotopic (exact) mass is 480 g/mol. The molecule has 0 amide bonds. The molecule has 0 aromatic heterocycles. The zero-order valence-corrected chi connectivity index (χ0v) is 18.7. The molecule has 0 spiro atoms. The largest absolute Gasteiger partial charge is 0.394 e. The highest BCUT2D eigenvalue weighted by Crippen LogP contribution is 2.31. The third kappa shape index (κ3) is 7.01. The molecule has 1 aliphatic carbocycles. The van der Waals surface area contributed by atoms with Gasteiger partial charge >= 0.3 is 0 Å². The van der Waals surface area contributed by atoms with Gasteiger partial charge in [0.25, 0.3) is 0 Å². The Morgan fingerprint density at radius 3 is 2.39 bits per heavy atom. The Balaban J connectivity index is 1.54. The molecule has 0 radical (unpaired) electrons. The van der Waals surface area contributed by atoms with Crippen LogP contribution in [0.25, 0.3) is 0 Å². The second kappa shape index (κ2) is 12.4. The van der Waals surface area contributed by atoms with Crippen LogP contribution in [-0.2, 0) is 18.9 Å². The maximum absolute atomic E-state index is 10.2. The van der Waals surface area contributed by atoms with Gasteiger partial charge < -0.3 is 67.0 Å². The zero-order chi connectivity index (χ0) is 24.1. The van der Waals surface area contributed by atoms with Gasteiger partial charge in [0.15, 0.2) is 12.6 Å². The first-order valence-corrected chi connectivity index (χ1v) is 11.6. The van der Waals surface area contributed by atoms with Gasteiger partial charge in [-0.05, 0) is 19.3 Å². The molecule has 0 aromatic rings. The molecule has 13 nitrogen and oxygen atoms in total. The first-order valence-electron chi connectivity index (χ1n) is 11.6. The Bertz CT molecular complexity index is 592. The lowest BCUT2D eigenvalue weighted by atomic mass is 9.89. The highest BCUT2D eigenvalue weighted by molar-refractivity contribution is 4.93. The summed E-state index contributed by atoms with van der Waals surface area (Å²) >= 11 is 0. The fourth-order valence-electron chi connectivity index (χ4n) is 4.68. The lowest BCUT2D eigenvalue weighted by Gasteiger charge is -2.41. The number of aliphatic hydroxyl groups excluding tert-OH is 5. The summed E-state index contributed by atoms with van der Waals surface area (Å²) in [5.41, 5.74) is 17.8. The Morgan fingerprint density at radius 2 is 1.73 bits per heavy atom. The van der Waals surface area contributed by atoms with E-state index in [4.69, 9.17) is 41.3 Å². The van der Waals surface area contributed by atoms with E-state index in [0.717, 1.165) is 6.42 Å². The second-order valence-electron chi connectivity index (χ2n) is 9.20. The predicted octanol–water partition coefficient (Wildman–Crippen LogP) is -4.58. The number of ether oxygens (including phenoxy) is 4. The lowest BCUT2D eigenvalue weighted by Crippen LogP contribution is -2.63. The molecular weight excluding hydrogens is 440 g/mol. The van der Waals surface area contributed by atoms with E-state index in [0.29, 0.717) is 19.3 Å². The van der Waals surface area contributed by atoms with Crippen molar-refractivity contribution in [2.75, 3.05) is 26.3 Å². The number of nitrogens with one attached hydrogen (secondary N) is 1. The van der Waals surface area contributed by atoms with Crippen LogP contribution in [0.2, 0.25) is 0 Å². The highest BCUT2D eigenvalue weighted by atomic mass is 16.7. The van der Waals surface area contributed by atoms with Gasteiger partial charge in [0.1, 0.15) is 24.4 Å². The molecule has 33 heavy (non-hydrogen) atoms. The van der Waals surface area contributed by atoms with Crippen molar-refractivity contribution in [3.05, 3.63) is 0 Å². The van der Waals surface area contributed by atoms with Gasteiger partial charge in [0.05, 0.1) is 37.6 Å². The smallest absolute Gasteiger partial charge is 0.176 e. The van der Waals surface area contributed by atoms with Crippen LogP contribution in [0.1, 0.15) is 25.7 Å². The van der Waals surface area contributed by atoms with Crippen LogP contribution in [0.3, 0.4) is 0 Å². The summed E-state index contributed by atoms with van der Waals surface area (Å²) in [6.45, 7) is -0.393. The van der Waals surface area contributed by atoms with E-state index in [2.05, 4.69) is 5.32 Å². The number of hydrogen-bond acceptors (Lipinski definition) is 13. The third-order valence-corrected chi connectivity index (χ3v) is 6.53. The minimum atomic E-state index is -1.27. The normalized spacial score (nSPS) is 45.3. The van der Waals surface area contributed by atoms with Crippen LogP contribution in [0.5, 0.6) is 0 Å². The molecule has 3 aliphatic rings. The molecule has 0 aromatic carbocycles. The van der Waals surface area contributed by atoms with Crippen molar-refractivity contribution in [3.8, 4) is 0 Å². The molecule has 3 fully saturated rings. The molecular formula is C20H40N4O9. The van der Waals surface area contributed by atoms with Crippen LogP contribution in [-0.4, -0.2) is 125 Å². The Morgan fingerprint density at radius 1 is 0.970 bits per heavy atom. The minimum absolute atomic E-state index is 0.0202. The zero-order valence-electron chi connectivity index (χ0n) is 18.7. The molecule has 2 aliphatic heterocycles. The summed E-state index contributed by atoms with van der Waals surface area (Å²) < 4.78 is 23.5. The Kier molecular flexibility index (Phi) is 10.2. The van der Waals surface area contributed by atoms with Crippen molar-refractivity contribution in [1.29, 1.82) is 0 Å². The third-order valence-electron chi connectivity index (χ3n) is 6.53. The number of hydrogen-bond donors (Lipinski definition) is 9. The topological polar surface area (TPSA) is 228 Å². The summed E-state index contributed by atoms with van der Waals surface area (Å²) in [4.78, 5) is 0. The van der Waals surface area contributed by atoms with E-state index in [9.17, 15) is 20.4 Å². The second-order valence-corrected chi connectivity index (χ2v) is 9.20. The van der Waals surface area contributed by atoms with E-state index < -0.39 is 55.2 Å². The van der Waals surface area contributed by atoms with Gasteiger partial charge in [0, 0.05) is 31.6 Å². The van der Waals surface area contributed by atoms with E-state index in [1.165, 1.54) is 0 Å². The maximum atomic E-state index is 10.2. The molecule has 13 heteroatoms. The Hall–Kier alpha value is -0.520. The average Bonchev–Trinajstić information content (AvgIpc) is 3.18. The summed E-state index contributed by atoms with van der Waals surface area (Å²) in [7, 11) is 0. The fraction of sp³-hybridized carbons (Fsp3) is 1.00. The van der Waals surface area contributed by atoms with Gasteiger partial charge in [-0.25, -0.2) is 0 Å². The maximum Gasteiger partial charge on any atom is 0.176 e.